The minimum atomic E-state index is -1.02. The van der Waals surface area contributed by atoms with Crippen LogP contribution in [0.1, 0.15) is 44.0 Å². The number of carbonyl (C=O) groups excluding carboxylic acids is 1. The second-order valence-electron chi connectivity index (χ2n) is 10.4. The maximum atomic E-state index is 15.8. The molecule has 3 atom stereocenters. The lowest BCUT2D eigenvalue weighted by molar-refractivity contribution is -0.0286. The molecule has 2 amide bonds. The topological polar surface area (TPSA) is 122 Å². The number of benzene rings is 1. The lowest BCUT2D eigenvalue weighted by Gasteiger charge is -2.31. The first kappa shape index (κ1) is 27.6. The van der Waals surface area contributed by atoms with Gasteiger partial charge in [-0.05, 0) is 51.8 Å². The van der Waals surface area contributed by atoms with Crippen molar-refractivity contribution in [1.82, 2.24) is 24.8 Å². The van der Waals surface area contributed by atoms with Crippen LogP contribution in [0.4, 0.5) is 15.0 Å². The lowest BCUT2D eigenvalue weighted by Crippen LogP contribution is -2.46. The van der Waals surface area contributed by atoms with Gasteiger partial charge in [0.25, 0.3) is 5.91 Å². The fourth-order valence-electron chi connectivity index (χ4n) is 5.75. The molecule has 3 aromatic rings. The number of fused-ring (bicyclic) bond motifs is 1. The highest BCUT2D eigenvalue weighted by Gasteiger charge is 2.31. The summed E-state index contributed by atoms with van der Waals surface area (Å²) < 4.78 is 29.1. The van der Waals surface area contributed by atoms with E-state index < -0.39 is 23.9 Å². The maximum Gasteiger partial charge on any atom is 0.407 e. The molecule has 0 aliphatic carbocycles. The number of anilines is 1. The van der Waals surface area contributed by atoms with Crippen molar-refractivity contribution < 1.29 is 28.6 Å². The summed E-state index contributed by atoms with van der Waals surface area (Å²) in [5.74, 6) is 0.218. The molecular formula is C28H35FN6O5. The van der Waals surface area contributed by atoms with E-state index in [1.165, 1.54) is 18.1 Å². The Morgan fingerprint density at radius 3 is 2.62 bits per heavy atom. The number of nitrogens with one attached hydrogen (secondary N) is 1. The van der Waals surface area contributed by atoms with Crippen LogP contribution in [0.5, 0.6) is 5.75 Å². The number of ether oxygens (including phenoxy) is 2. The average molecular weight is 555 g/mol. The number of rotatable bonds is 7. The van der Waals surface area contributed by atoms with E-state index in [1.54, 1.807) is 17.7 Å². The number of methoxy groups -OCH3 is 1. The third-order valence-corrected chi connectivity index (χ3v) is 7.74. The second-order valence-corrected chi connectivity index (χ2v) is 10.4. The van der Waals surface area contributed by atoms with Crippen molar-refractivity contribution in [2.45, 2.75) is 58.3 Å². The fourth-order valence-corrected chi connectivity index (χ4v) is 5.75. The summed E-state index contributed by atoms with van der Waals surface area (Å²) in [4.78, 5) is 37.2. The smallest absolute Gasteiger partial charge is 0.407 e. The quantitative estimate of drug-likeness (QED) is 0.453. The Balaban J connectivity index is 1.62. The average Bonchev–Trinajstić information content (AvgIpc) is 3.49. The summed E-state index contributed by atoms with van der Waals surface area (Å²) in [6.07, 6.45) is 2.38. The molecule has 2 aliphatic heterocycles. The molecule has 2 aliphatic rings. The van der Waals surface area contributed by atoms with E-state index >= 15 is 4.39 Å². The van der Waals surface area contributed by atoms with Gasteiger partial charge in [0.2, 0.25) is 0 Å². The molecule has 2 N–H and O–H groups in total. The Morgan fingerprint density at radius 2 is 2.00 bits per heavy atom. The van der Waals surface area contributed by atoms with Crippen LogP contribution in [-0.4, -0.2) is 88.1 Å². The zero-order valence-electron chi connectivity index (χ0n) is 23.2. The molecule has 2 aromatic heterocycles. The molecule has 0 spiro atoms. The van der Waals surface area contributed by atoms with Gasteiger partial charge in [-0.1, -0.05) is 0 Å². The number of hydrogen-bond acceptors (Lipinski definition) is 7. The molecule has 5 rings (SSSR count). The molecule has 40 heavy (non-hydrogen) atoms. The van der Waals surface area contributed by atoms with E-state index in [0.29, 0.717) is 35.5 Å². The van der Waals surface area contributed by atoms with Crippen LogP contribution in [0.2, 0.25) is 0 Å². The number of pyridine rings is 1. The van der Waals surface area contributed by atoms with Gasteiger partial charge in [0.1, 0.15) is 28.4 Å². The van der Waals surface area contributed by atoms with Crippen LogP contribution < -0.4 is 15.0 Å². The summed E-state index contributed by atoms with van der Waals surface area (Å²) in [7, 11) is 1.45. The number of carbonyl (C=O) groups is 2. The number of halogens is 1. The van der Waals surface area contributed by atoms with Gasteiger partial charge in [-0.3, -0.25) is 4.79 Å². The van der Waals surface area contributed by atoms with Crippen LogP contribution in [0.15, 0.2) is 24.4 Å². The molecular weight excluding hydrogens is 519 g/mol. The van der Waals surface area contributed by atoms with Crippen LogP contribution in [0, 0.1) is 5.82 Å². The fraction of sp³-hybridized carbons (Fsp3) is 0.500. The first-order chi connectivity index (χ1) is 19.2. The van der Waals surface area contributed by atoms with Gasteiger partial charge in [-0.15, -0.1) is 0 Å². The minimum absolute atomic E-state index is 0.0210. The number of hydrogen-bond donors (Lipinski definition) is 2. The van der Waals surface area contributed by atoms with E-state index in [1.807, 2.05) is 12.1 Å². The first-order valence-electron chi connectivity index (χ1n) is 13.6. The Hall–Kier alpha value is -3.93. The number of carboxylic acid groups (broad SMARTS) is 1. The molecule has 0 radical (unpaired) electrons. The SMILES string of the molecule is CCNC(=O)c1cc(OC)c2c(nc(-c3ccc(N4[C@@H](C)CC[C@@H]4C)nc3)n2C[C@@H]2CN(C(=O)O)CCO2)c1F. The summed E-state index contributed by atoms with van der Waals surface area (Å²) >= 11 is 0. The molecule has 12 heteroatoms. The van der Waals surface area contributed by atoms with Crippen molar-refractivity contribution in [3.63, 3.8) is 0 Å². The molecule has 1 aromatic carbocycles. The first-order valence-corrected chi connectivity index (χ1v) is 13.6. The zero-order chi connectivity index (χ0) is 28.6. The highest BCUT2D eigenvalue weighted by molar-refractivity contribution is 6.00. The number of aromatic nitrogens is 3. The summed E-state index contributed by atoms with van der Waals surface area (Å²) in [6.45, 7) is 7.32. The molecule has 2 saturated heterocycles. The number of morpholine rings is 1. The van der Waals surface area contributed by atoms with Crippen molar-refractivity contribution in [2.75, 3.05) is 38.3 Å². The monoisotopic (exact) mass is 554 g/mol. The van der Waals surface area contributed by atoms with Gasteiger partial charge in [-0.25, -0.2) is 19.2 Å². The van der Waals surface area contributed by atoms with E-state index in [0.717, 1.165) is 18.7 Å². The van der Waals surface area contributed by atoms with Gasteiger partial charge < -0.3 is 34.3 Å². The maximum absolute atomic E-state index is 15.8. The highest BCUT2D eigenvalue weighted by atomic mass is 19.1. The van der Waals surface area contributed by atoms with Crippen molar-refractivity contribution in [1.29, 1.82) is 0 Å². The molecule has 0 bridgehead atoms. The van der Waals surface area contributed by atoms with Crippen molar-refractivity contribution in [2.24, 2.45) is 0 Å². The van der Waals surface area contributed by atoms with Gasteiger partial charge >= 0.3 is 6.09 Å². The Kier molecular flexibility index (Phi) is 7.79. The second kappa shape index (κ2) is 11.3. The number of imidazole rings is 1. The van der Waals surface area contributed by atoms with Crippen LogP contribution in [-0.2, 0) is 11.3 Å². The molecule has 11 nitrogen and oxygen atoms in total. The third kappa shape index (κ3) is 5.03. The number of nitrogens with zero attached hydrogens (tertiary/aromatic N) is 5. The van der Waals surface area contributed by atoms with E-state index in [2.05, 4.69) is 29.0 Å². The third-order valence-electron chi connectivity index (χ3n) is 7.74. The Bertz CT molecular complexity index is 1400. The molecule has 0 saturated carbocycles. The molecule has 4 heterocycles. The minimum Gasteiger partial charge on any atom is -0.494 e. The van der Waals surface area contributed by atoms with Crippen molar-refractivity contribution in [3.8, 4) is 17.1 Å². The summed E-state index contributed by atoms with van der Waals surface area (Å²) in [6, 6.07) is 5.97. The molecule has 0 unspecified atom stereocenters. The van der Waals surface area contributed by atoms with Gasteiger partial charge in [0, 0.05) is 36.9 Å². The largest absolute Gasteiger partial charge is 0.494 e. The van der Waals surface area contributed by atoms with E-state index in [4.69, 9.17) is 14.5 Å². The van der Waals surface area contributed by atoms with Crippen molar-refractivity contribution >= 4 is 28.9 Å². The zero-order valence-corrected chi connectivity index (χ0v) is 23.2. The number of amides is 2. The van der Waals surface area contributed by atoms with Gasteiger partial charge in [-0.2, -0.15) is 0 Å². The van der Waals surface area contributed by atoms with E-state index in [9.17, 15) is 14.7 Å². The lowest BCUT2D eigenvalue weighted by atomic mass is 10.1. The van der Waals surface area contributed by atoms with Crippen molar-refractivity contribution in [3.05, 3.63) is 35.8 Å². The summed E-state index contributed by atoms with van der Waals surface area (Å²) in [5, 5.41) is 12.1. The van der Waals surface area contributed by atoms with Crippen LogP contribution in [0.3, 0.4) is 0 Å². The standard InChI is InChI=1S/C28H35FN6O5/c1-5-30-27(36)20-12-21(39-4)25-24(23(20)29)32-26(34(25)15-19-14-33(28(37)38)10-11-40-19)18-8-9-22(31-13-18)35-16(2)6-7-17(35)3/h8-9,12-13,16-17,19H,5-7,10-11,14-15H2,1-4H3,(H,30,36)(H,37,38)/t16-,17-,19-/m0/s1. The van der Waals surface area contributed by atoms with Crippen LogP contribution >= 0.6 is 0 Å². The normalized spacial score (nSPS) is 21.2. The van der Waals surface area contributed by atoms with Crippen LogP contribution in [0.25, 0.3) is 22.4 Å². The highest BCUT2D eigenvalue weighted by Crippen LogP contribution is 2.36. The van der Waals surface area contributed by atoms with Gasteiger partial charge in [0.15, 0.2) is 5.82 Å². The Labute approximate surface area is 231 Å². The predicted molar refractivity (Wildman–Crippen MR) is 147 cm³/mol. The Morgan fingerprint density at radius 1 is 1.25 bits per heavy atom. The summed E-state index contributed by atoms with van der Waals surface area (Å²) in [5.41, 5.74) is 0.808. The predicted octanol–water partition coefficient (Wildman–Crippen LogP) is 3.75. The van der Waals surface area contributed by atoms with E-state index in [-0.39, 0.29) is 43.1 Å². The van der Waals surface area contributed by atoms with Gasteiger partial charge in [0.05, 0.1) is 38.5 Å². The molecule has 2 fully saturated rings. The molecule has 214 valence electrons.